The molecule has 4 heteroatoms. The Morgan fingerprint density at radius 2 is 2.31 bits per heavy atom. The fraction of sp³-hybridized carbons (Fsp3) is 0.667. The number of nitrogens with zero attached hydrogens (tertiary/aromatic N) is 2. The van der Waals surface area contributed by atoms with Crippen molar-refractivity contribution in [2.24, 2.45) is 0 Å². The lowest BCUT2D eigenvalue weighted by Gasteiger charge is -2.09. The van der Waals surface area contributed by atoms with Crippen molar-refractivity contribution >= 4 is 15.9 Å². The van der Waals surface area contributed by atoms with Gasteiger partial charge in [0, 0.05) is 12.6 Å². The molecule has 1 aromatic rings. The normalized spacial score (nSPS) is 11.2. The first-order valence-corrected chi connectivity index (χ1v) is 5.37. The number of nitrogens with one attached hydrogen (secondary N) is 1. The number of rotatable bonds is 4. The van der Waals surface area contributed by atoms with E-state index in [2.05, 4.69) is 51.6 Å². The summed E-state index contributed by atoms with van der Waals surface area (Å²) in [6.45, 7) is 8.17. The molecular weight excluding hydrogens is 230 g/mol. The van der Waals surface area contributed by atoms with Gasteiger partial charge < -0.3 is 9.88 Å². The number of aromatic nitrogens is 2. The van der Waals surface area contributed by atoms with Crippen LogP contribution in [0, 0.1) is 0 Å². The smallest absolute Gasteiger partial charge is 0.123 e. The van der Waals surface area contributed by atoms with Crippen molar-refractivity contribution in [3.05, 3.63) is 16.6 Å². The Bertz CT molecular complexity index is 268. The van der Waals surface area contributed by atoms with Gasteiger partial charge in [0.2, 0.25) is 0 Å². The Labute approximate surface area is 87.7 Å². The molecule has 0 spiro atoms. The predicted octanol–water partition coefficient (Wildman–Crippen LogP) is 2.16. The molecule has 0 bridgehead atoms. The highest BCUT2D eigenvalue weighted by atomic mass is 79.9. The molecule has 0 aromatic carbocycles. The van der Waals surface area contributed by atoms with Crippen LogP contribution in [0.3, 0.4) is 0 Å². The SMILES string of the molecule is CCn1c(Br)cnc1CNC(C)C. The number of hydrogen-bond acceptors (Lipinski definition) is 2. The lowest BCUT2D eigenvalue weighted by molar-refractivity contribution is 0.549. The summed E-state index contributed by atoms with van der Waals surface area (Å²) in [6.07, 6.45) is 1.85. The largest absolute Gasteiger partial charge is 0.322 e. The summed E-state index contributed by atoms with van der Waals surface area (Å²) >= 11 is 3.46. The van der Waals surface area contributed by atoms with E-state index in [1.165, 1.54) is 0 Å². The first-order chi connectivity index (χ1) is 6.15. The third kappa shape index (κ3) is 2.81. The van der Waals surface area contributed by atoms with Gasteiger partial charge in [0.05, 0.1) is 12.7 Å². The highest BCUT2D eigenvalue weighted by molar-refractivity contribution is 9.10. The van der Waals surface area contributed by atoms with Crippen LogP contribution in [-0.4, -0.2) is 15.6 Å². The second-order valence-electron chi connectivity index (χ2n) is 3.28. The van der Waals surface area contributed by atoms with E-state index in [0.717, 1.165) is 23.5 Å². The van der Waals surface area contributed by atoms with Crippen molar-refractivity contribution in [1.29, 1.82) is 0 Å². The fourth-order valence-corrected chi connectivity index (χ4v) is 1.72. The van der Waals surface area contributed by atoms with Gasteiger partial charge in [0.15, 0.2) is 0 Å². The number of halogens is 1. The van der Waals surface area contributed by atoms with Gasteiger partial charge in [0.25, 0.3) is 0 Å². The van der Waals surface area contributed by atoms with Crippen molar-refractivity contribution < 1.29 is 0 Å². The summed E-state index contributed by atoms with van der Waals surface area (Å²) in [5.41, 5.74) is 0. The highest BCUT2D eigenvalue weighted by Crippen LogP contribution is 2.12. The third-order valence-corrected chi connectivity index (χ3v) is 2.51. The minimum Gasteiger partial charge on any atom is -0.322 e. The standard InChI is InChI=1S/C9H16BrN3/c1-4-13-8(10)5-12-9(13)6-11-7(2)3/h5,7,11H,4,6H2,1-3H3. The van der Waals surface area contributed by atoms with Crippen molar-refractivity contribution in [2.45, 2.75) is 39.9 Å². The first-order valence-electron chi connectivity index (χ1n) is 4.58. The summed E-state index contributed by atoms with van der Waals surface area (Å²) in [5.74, 6) is 1.09. The van der Waals surface area contributed by atoms with Crippen molar-refractivity contribution in [3.8, 4) is 0 Å². The Kier molecular flexibility index (Phi) is 3.93. The van der Waals surface area contributed by atoms with E-state index in [1.54, 1.807) is 0 Å². The van der Waals surface area contributed by atoms with Crippen LogP contribution in [0.2, 0.25) is 0 Å². The van der Waals surface area contributed by atoms with Gasteiger partial charge in [-0.05, 0) is 22.9 Å². The van der Waals surface area contributed by atoms with Crippen LogP contribution in [0.5, 0.6) is 0 Å². The first kappa shape index (κ1) is 10.7. The second kappa shape index (κ2) is 4.77. The zero-order valence-electron chi connectivity index (χ0n) is 8.34. The van der Waals surface area contributed by atoms with Crippen molar-refractivity contribution in [3.63, 3.8) is 0 Å². The summed E-state index contributed by atoms with van der Waals surface area (Å²) in [6, 6.07) is 0.501. The zero-order chi connectivity index (χ0) is 9.84. The molecular formula is C9H16BrN3. The quantitative estimate of drug-likeness (QED) is 0.882. The molecule has 0 amide bonds. The Morgan fingerprint density at radius 1 is 1.62 bits per heavy atom. The van der Waals surface area contributed by atoms with E-state index >= 15 is 0 Å². The van der Waals surface area contributed by atoms with Gasteiger partial charge >= 0.3 is 0 Å². The molecule has 0 aliphatic carbocycles. The van der Waals surface area contributed by atoms with Crippen LogP contribution < -0.4 is 5.32 Å². The summed E-state index contributed by atoms with van der Waals surface area (Å²) < 4.78 is 3.20. The molecule has 0 unspecified atom stereocenters. The van der Waals surface area contributed by atoms with Crippen LogP contribution in [0.25, 0.3) is 0 Å². The zero-order valence-corrected chi connectivity index (χ0v) is 9.93. The molecule has 0 saturated carbocycles. The van der Waals surface area contributed by atoms with Crippen LogP contribution in [0.1, 0.15) is 26.6 Å². The molecule has 0 aliphatic rings. The van der Waals surface area contributed by atoms with Crippen LogP contribution in [0.15, 0.2) is 10.8 Å². The van der Waals surface area contributed by atoms with Crippen LogP contribution in [0.4, 0.5) is 0 Å². The molecule has 0 radical (unpaired) electrons. The number of hydrogen-bond donors (Lipinski definition) is 1. The van der Waals surface area contributed by atoms with E-state index in [4.69, 9.17) is 0 Å². The lowest BCUT2D eigenvalue weighted by atomic mass is 10.4. The molecule has 0 saturated heterocycles. The van der Waals surface area contributed by atoms with Gasteiger partial charge in [-0.2, -0.15) is 0 Å². The molecule has 3 nitrogen and oxygen atoms in total. The van der Waals surface area contributed by atoms with Gasteiger partial charge in [-0.1, -0.05) is 13.8 Å². The average molecular weight is 246 g/mol. The predicted molar refractivity (Wildman–Crippen MR) is 57.6 cm³/mol. The highest BCUT2D eigenvalue weighted by Gasteiger charge is 2.05. The van der Waals surface area contributed by atoms with E-state index in [1.807, 2.05) is 6.20 Å². The van der Waals surface area contributed by atoms with Crippen molar-refractivity contribution in [2.75, 3.05) is 0 Å². The second-order valence-corrected chi connectivity index (χ2v) is 4.09. The molecule has 1 N–H and O–H groups in total. The van der Waals surface area contributed by atoms with E-state index in [9.17, 15) is 0 Å². The summed E-state index contributed by atoms with van der Waals surface area (Å²) in [5, 5.41) is 3.35. The topological polar surface area (TPSA) is 29.9 Å². The summed E-state index contributed by atoms with van der Waals surface area (Å²) in [7, 11) is 0. The molecule has 1 aromatic heterocycles. The third-order valence-electron chi connectivity index (χ3n) is 1.87. The van der Waals surface area contributed by atoms with Crippen LogP contribution in [-0.2, 0) is 13.1 Å². The van der Waals surface area contributed by atoms with Gasteiger partial charge in [-0.3, -0.25) is 0 Å². The van der Waals surface area contributed by atoms with E-state index in [-0.39, 0.29) is 0 Å². The van der Waals surface area contributed by atoms with Gasteiger partial charge in [-0.15, -0.1) is 0 Å². The Morgan fingerprint density at radius 3 is 2.85 bits per heavy atom. The average Bonchev–Trinajstić information content (AvgIpc) is 2.42. The van der Waals surface area contributed by atoms with E-state index < -0.39 is 0 Å². The minimum absolute atomic E-state index is 0.501. The minimum atomic E-state index is 0.501. The molecule has 1 heterocycles. The number of imidazole rings is 1. The van der Waals surface area contributed by atoms with E-state index in [0.29, 0.717) is 6.04 Å². The van der Waals surface area contributed by atoms with Crippen LogP contribution >= 0.6 is 15.9 Å². The maximum Gasteiger partial charge on any atom is 0.123 e. The molecule has 0 aliphatic heterocycles. The Balaban J connectivity index is 2.65. The maximum absolute atomic E-state index is 4.31. The molecule has 0 fully saturated rings. The molecule has 13 heavy (non-hydrogen) atoms. The monoisotopic (exact) mass is 245 g/mol. The molecule has 0 atom stereocenters. The Hall–Kier alpha value is -0.350. The molecule has 74 valence electrons. The molecule has 1 rings (SSSR count). The maximum atomic E-state index is 4.31. The van der Waals surface area contributed by atoms with Gasteiger partial charge in [0.1, 0.15) is 10.4 Å². The lowest BCUT2D eigenvalue weighted by Crippen LogP contribution is -2.24. The fourth-order valence-electron chi connectivity index (χ4n) is 1.16. The summed E-state index contributed by atoms with van der Waals surface area (Å²) in [4.78, 5) is 4.31. The van der Waals surface area contributed by atoms with Gasteiger partial charge in [-0.25, -0.2) is 4.98 Å². The van der Waals surface area contributed by atoms with Crippen molar-refractivity contribution in [1.82, 2.24) is 14.9 Å².